The number of fused-ring (bicyclic) bond motifs is 1. The maximum Gasteiger partial charge on any atom is 0.235 e. The normalized spacial score (nSPS) is 15.0. The predicted octanol–water partition coefficient (Wildman–Crippen LogP) is 2.80. The highest BCUT2D eigenvalue weighted by molar-refractivity contribution is 7.92. The minimum atomic E-state index is -3.25. The van der Waals surface area contributed by atoms with Crippen molar-refractivity contribution in [3.8, 4) is 5.75 Å². The molecular weight excluding hydrogens is 298 g/mol. The van der Waals surface area contributed by atoms with E-state index in [1.165, 1.54) is 0 Å². The van der Waals surface area contributed by atoms with Gasteiger partial charge in [-0.25, -0.2) is 8.42 Å². The highest BCUT2D eigenvalue weighted by Gasteiger charge is 2.27. The van der Waals surface area contributed by atoms with Crippen molar-refractivity contribution in [2.24, 2.45) is 0 Å². The first-order chi connectivity index (χ1) is 9.58. The summed E-state index contributed by atoms with van der Waals surface area (Å²) in [5, 5.41) is 0. The third kappa shape index (κ3) is 3.38. The first-order valence-corrected chi connectivity index (χ1v) is 8.96. The SMILES string of the molecule is COc1ccc2c(c1)CCCN2S(=O)(=O)CCCCCl. The Morgan fingerprint density at radius 3 is 2.85 bits per heavy atom. The number of anilines is 1. The fourth-order valence-electron chi connectivity index (χ4n) is 2.44. The van der Waals surface area contributed by atoms with E-state index in [-0.39, 0.29) is 5.75 Å². The van der Waals surface area contributed by atoms with Gasteiger partial charge in [0.1, 0.15) is 5.75 Å². The van der Waals surface area contributed by atoms with Crippen molar-refractivity contribution in [3.05, 3.63) is 23.8 Å². The summed E-state index contributed by atoms with van der Waals surface area (Å²) in [6.45, 7) is 0.558. The lowest BCUT2D eigenvalue weighted by atomic mass is 10.0. The maximum atomic E-state index is 12.4. The van der Waals surface area contributed by atoms with E-state index in [4.69, 9.17) is 16.3 Å². The molecule has 0 unspecified atom stereocenters. The molecule has 112 valence electrons. The highest BCUT2D eigenvalue weighted by Crippen LogP contribution is 2.32. The summed E-state index contributed by atoms with van der Waals surface area (Å²) in [7, 11) is -1.64. The van der Waals surface area contributed by atoms with Crippen molar-refractivity contribution < 1.29 is 13.2 Å². The van der Waals surface area contributed by atoms with Crippen molar-refractivity contribution >= 4 is 27.3 Å². The monoisotopic (exact) mass is 317 g/mol. The van der Waals surface area contributed by atoms with Crippen LogP contribution in [-0.4, -0.2) is 33.7 Å². The molecule has 1 aliphatic rings. The van der Waals surface area contributed by atoms with Crippen LogP contribution in [0, 0.1) is 0 Å². The molecule has 0 amide bonds. The minimum absolute atomic E-state index is 0.158. The molecule has 1 aromatic carbocycles. The summed E-state index contributed by atoms with van der Waals surface area (Å²) in [4.78, 5) is 0. The Labute approximate surface area is 125 Å². The Morgan fingerprint density at radius 2 is 2.15 bits per heavy atom. The molecule has 20 heavy (non-hydrogen) atoms. The summed E-state index contributed by atoms with van der Waals surface area (Å²) in [5.74, 6) is 1.43. The molecule has 0 N–H and O–H groups in total. The zero-order chi connectivity index (χ0) is 14.6. The number of sulfonamides is 1. The summed E-state index contributed by atoms with van der Waals surface area (Å²) >= 11 is 5.61. The van der Waals surface area contributed by atoms with Gasteiger partial charge in [0.15, 0.2) is 0 Å². The van der Waals surface area contributed by atoms with Crippen LogP contribution < -0.4 is 9.04 Å². The van der Waals surface area contributed by atoms with E-state index in [1.54, 1.807) is 11.4 Å². The van der Waals surface area contributed by atoms with Crippen molar-refractivity contribution in [3.63, 3.8) is 0 Å². The van der Waals surface area contributed by atoms with E-state index in [0.29, 0.717) is 18.8 Å². The van der Waals surface area contributed by atoms with Crippen LogP contribution in [0.3, 0.4) is 0 Å². The average molecular weight is 318 g/mol. The number of hydrogen-bond donors (Lipinski definition) is 0. The van der Waals surface area contributed by atoms with E-state index < -0.39 is 10.0 Å². The number of benzene rings is 1. The Bertz CT molecular complexity index is 560. The average Bonchev–Trinajstić information content (AvgIpc) is 2.46. The molecule has 1 heterocycles. The number of unbranched alkanes of at least 4 members (excludes halogenated alkanes) is 1. The van der Waals surface area contributed by atoms with Crippen LogP contribution in [0.25, 0.3) is 0 Å². The number of halogens is 1. The van der Waals surface area contributed by atoms with Crippen molar-refractivity contribution in [2.75, 3.05) is 29.6 Å². The van der Waals surface area contributed by atoms with Gasteiger partial charge in [-0.05, 0) is 49.4 Å². The third-order valence-electron chi connectivity index (χ3n) is 3.48. The molecule has 0 fully saturated rings. The van der Waals surface area contributed by atoms with Gasteiger partial charge in [-0.3, -0.25) is 4.31 Å². The number of methoxy groups -OCH3 is 1. The summed E-state index contributed by atoms with van der Waals surface area (Å²) in [6.07, 6.45) is 3.06. The number of alkyl halides is 1. The van der Waals surface area contributed by atoms with Crippen LogP contribution in [0.4, 0.5) is 5.69 Å². The summed E-state index contributed by atoms with van der Waals surface area (Å²) in [5.41, 5.74) is 1.83. The van der Waals surface area contributed by atoms with E-state index in [9.17, 15) is 8.42 Å². The van der Waals surface area contributed by atoms with Gasteiger partial charge < -0.3 is 4.74 Å². The number of rotatable bonds is 6. The van der Waals surface area contributed by atoms with E-state index in [2.05, 4.69) is 0 Å². The Balaban J connectivity index is 2.23. The van der Waals surface area contributed by atoms with E-state index in [0.717, 1.165) is 36.3 Å². The van der Waals surface area contributed by atoms with Crippen LogP contribution >= 0.6 is 11.6 Å². The second-order valence-corrected chi connectivity index (χ2v) is 7.27. The second kappa shape index (κ2) is 6.68. The smallest absolute Gasteiger partial charge is 0.235 e. The highest BCUT2D eigenvalue weighted by atomic mass is 35.5. The first-order valence-electron chi connectivity index (χ1n) is 6.82. The van der Waals surface area contributed by atoms with Crippen molar-refractivity contribution in [1.29, 1.82) is 0 Å². The number of aryl methyl sites for hydroxylation is 1. The first kappa shape index (κ1) is 15.4. The molecule has 0 aliphatic carbocycles. The topological polar surface area (TPSA) is 46.6 Å². The van der Waals surface area contributed by atoms with Crippen molar-refractivity contribution in [1.82, 2.24) is 0 Å². The van der Waals surface area contributed by atoms with Gasteiger partial charge in [-0.2, -0.15) is 0 Å². The molecule has 0 aromatic heterocycles. The van der Waals surface area contributed by atoms with Gasteiger partial charge in [0.2, 0.25) is 10.0 Å². The molecule has 2 rings (SSSR count). The largest absolute Gasteiger partial charge is 0.497 e. The maximum absolute atomic E-state index is 12.4. The number of nitrogens with zero attached hydrogens (tertiary/aromatic N) is 1. The molecule has 0 atom stereocenters. The Kier molecular flexibility index (Phi) is 5.16. The molecule has 0 spiro atoms. The van der Waals surface area contributed by atoms with Gasteiger partial charge >= 0.3 is 0 Å². The number of hydrogen-bond acceptors (Lipinski definition) is 3. The van der Waals surface area contributed by atoms with Crippen LogP contribution in [0.1, 0.15) is 24.8 Å². The zero-order valence-electron chi connectivity index (χ0n) is 11.6. The molecule has 0 radical (unpaired) electrons. The molecule has 1 aromatic rings. The van der Waals surface area contributed by atoms with Gasteiger partial charge in [0.05, 0.1) is 18.6 Å². The second-order valence-electron chi connectivity index (χ2n) is 4.88. The summed E-state index contributed by atoms with van der Waals surface area (Å²) < 4.78 is 31.6. The molecule has 1 aliphatic heterocycles. The summed E-state index contributed by atoms with van der Waals surface area (Å²) in [6, 6.07) is 5.58. The predicted molar refractivity (Wildman–Crippen MR) is 82.4 cm³/mol. The molecular formula is C14H20ClNO3S. The molecule has 6 heteroatoms. The third-order valence-corrected chi connectivity index (χ3v) is 5.61. The molecule has 0 bridgehead atoms. The standard InChI is InChI=1S/C14H20ClNO3S/c1-19-13-6-7-14-12(11-13)5-4-9-16(14)20(17,18)10-3-2-8-15/h6-7,11H,2-5,8-10H2,1H3. The fraction of sp³-hybridized carbons (Fsp3) is 0.571. The lowest BCUT2D eigenvalue weighted by Crippen LogP contribution is -2.37. The lowest BCUT2D eigenvalue weighted by Gasteiger charge is -2.30. The van der Waals surface area contributed by atoms with E-state index >= 15 is 0 Å². The Hall–Kier alpha value is -0.940. The zero-order valence-corrected chi connectivity index (χ0v) is 13.2. The van der Waals surface area contributed by atoms with Crippen LogP contribution in [0.5, 0.6) is 5.75 Å². The van der Waals surface area contributed by atoms with Gasteiger partial charge in [0, 0.05) is 12.4 Å². The Morgan fingerprint density at radius 1 is 1.35 bits per heavy atom. The molecule has 0 saturated carbocycles. The van der Waals surface area contributed by atoms with Crippen LogP contribution in [0.2, 0.25) is 0 Å². The number of ether oxygens (including phenoxy) is 1. The molecule has 0 saturated heterocycles. The van der Waals surface area contributed by atoms with Crippen LogP contribution in [0.15, 0.2) is 18.2 Å². The lowest BCUT2D eigenvalue weighted by molar-refractivity contribution is 0.414. The van der Waals surface area contributed by atoms with Gasteiger partial charge in [0.25, 0.3) is 0 Å². The van der Waals surface area contributed by atoms with Crippen molar-refractivity contribution in [2.45, 2.75) is 25.7 Å². The quantitative estimate of drug-likeness (QED) is 0.598. The van der Waals surface area contributed by atoms with Gasteiger partial charge in [-0.15, -0.1) is 11.6 Å². The van der Waals surface area contributed by atoms with Crippen LogP contribution in [-0.2, 0) is 16.4 Å². The fourth-order valence-corrected chi connectivity index (χ4v) is 4.31. The molecule has 4 nitrogen and oxygen atoms in total. The van der Waals surface area contributed by atoms with Gasteiger partial charge in [-0.1, -0.05) is 0 Å². The van der Waals surface area contributed by atoms with E-state index in [1.807, 2.05) is 18.2 Å². The minimum Gasteiger partial charge on any atom is -0.497 e.